The number of anilines is 1. The van der Waals surface area contributed by atoms with E-state index < -0.39 is 6.09 Å². The van der Waals surface area contributed by atoms with Gasteiger partial charge in [-0.25, -0.2) is 9.48 Å². The Kier molecular flexibility index (Phi) is 8.44. The lowest BCUT2D eigenvalue weighted by atomic mass is 10.1. The predicted molar refractivity (Wildman–Crippen MR) is 138 cm³/mol. The Bertz CT molecular complexity index is 1290. The van der Waals surface area contributed by atoms with Gasteiger partial charge in [0, 0.05) is 50.0 Å². The molecule has 0 unspecified atom stereocenters. The minimum Gasteiger partial charge on any atom is -0.449 e. The first kappa shape index (κ1) is 25.1. The van der Waals surface area contributed by atoms with Crippen molar-refractivity contribution in [3.8, 4) is 17.3 Å². The van der Waals surface area contributed by atoms with Crippen molar-refractivity contribution in [2.75, 3.05) is 51.7 Å². The molecule has 2 aromatic carbocycles. The summed E-state index contributed by atoms with van der Waals surface area (Å²) in [6.45, 7) is 5.73. The van der Waals surface area contributed by atoms with Gasteiger partial charge in [0.25, 0.3) is 5.56 Å². The molecule has 36 heavy (non-hydrogen) atoms. The maximum atomic E-state index is 12.4. The summed E-state index contributed by atoms with van der Waals surface area (Å²) in [5, 5.41) is 16.4. The van der Waals surface area contributed by atoms with Gasteiger partial charge in [-0.1, -0.05) is 24.3 Å². The Labute approximate surface area is 210 Å². The first-order valence-electron chi connectivity index (χ1n) is 12.0. The van der Waals surface area contributed by atoms with Crippen molar-refractivity contribution in [2.24, 2.45) is 0 Å². The zero-order valence-corrected chi connectivity index (χ0v) is 20.4. The van der Waals surface area contributed by atoms with Gasteiger partial charge < -0.3 is 14.5 Å². The summed E-state index contributed by atoms with van der Waals surface area (Å²) in [4.78, 5) is 29.4. The van der Waals surface area contributed by atoms with Gasteiger partial charge in [-0.15, -0.1) is 0 Å². The van der Waals surface area contributed by atoms with E-state index in [0.29, 0.717) is 23.6 Å². The van der Waals surface area contributed by atoms with Crippen molar-refractivity contribution in [3.63, 3.8) is 0 Å². The predicted octanol–water partition coefficient (Wildman–Crippen LogP) is 3.02. The van der Waals surface area contributed by atoms with E-state index in [0.717, 1.165) is 50.3 Å². The molecule has 0 atom stereocenters. The third-order valence-electron chi connectivity index (χ3n) is 6.11. The van der Waals surface area contributed by atoms with Crippen molar-refractivity contribution in [2.45, 2.75) is 13.0 Å². The quantitative estimate of drug-likeness (QED) is 0.488. The molecule has 0 saturated carbocycles. The SMILES string of the molecule is CN1CCN(CCCOC(=O)Nc2cccc(Cn3nc(-c4cccc(C#N)c4)ccc3=O)c2)CC1. The lowest BCUT2D eigenvalue weighted by Gasteiger charge is -2.32. The van der Waals surface area contributed by atoms with Gasteiger partial charge >= 0.3 is 6.09 Å². The average molecular weight is 487 g/mol. The number of ether oxygens (including phenoxy) is 1. The number of nitriles is 1. The molecule has 1 N–H and O–H groups in total. The molecule has 9 nitrogen and oxygen atoms in total. The van der Waals surface area contributed by atoms with E-state index in [-0.39, 0.29) is 12.1 Å². The molecule has 3 aromatic rings. The molecular weight excluding hydrogens is 456 g/mol. The third-order valence-corrected chi connectivity index (χ3v) is 6.11. The molecule has 0 radical (unpaired) electrons. The maximum absolute atomic E-state index is 12.4. The first-order valence-corrected chi connectivity index (χ1v) is 12.0. The number of likely N-dealkylation sites (N-methyl/N-ethyl adjacent to an activating group) is 1. The summed E-state index contributed by atoms with van der Waals surface area (Å²) in [7, 11) is 2.13. The van der Waals surface area contributed by atoms with E-state index in [1.165, 1.54) is 10.7 Å². The zero-order valence-electron chi connectivity index (χ0n) is 20.4. The largest absolute Gasteiger partial charge is 0.449 e. The molecule has 9 heteroatoms. The molecule has 0 bridgehead atoms. The lowest BCUT2D eigenvalue weighted by Crippen LogP contribution is -2.44. The molecule has 2 heterocycles. The summed E-state index contributed by atoms with van der Waals surface area (Å²) < 4.78 is 6.71. The molecule has 1 fully saturated rings. The average Bonchev–Trinajstić information content (AvgIpc) is 2.89. The van der Waals surface area contributed by atoms with E-state index in [4.69, 9.17) is 10.00 Å². The highest BCUT2D eigenvalue weighted by molar-refractivity contribution is 5.84. The van der Waals surface area contributed by atoms with Crippen LogP contribution < -0.4 is 10.9 Å². The molecule has 1 aromatic heterocycles. The molecule has 4 rings (SSSR count). The Morgan fingerprint density at radius 1 is 1.08 bits per heavy atom. The third kappa shape index (κ3) is 7.01. The highest BCUT2D eigenvalue weighted by Crippen LogP contribution is 2.17. The van der Waals surface area contributed by atoms with Gasteiger partial charge in [-0.2, -0.15) is 10.4 Å². The second-order valence-electron chi connectivity index (χ2n) is 8.87. The number of hydrogen-bond acceptors (Lipinski definition) is 7. The zero-order chi connectivity index (χ0) is 25.3. The summed E-state index contributed by atoms with van der Waals surface area (Å²) in [5.41, 5.74) is 3.03. The minimum atomic E-state index is -0.500. The summed E-state index contributed by atoms with van der Waals surface area (Å²) in [5.74, 6) is 0. The number of aromatic nitrogens is 2. The van der Waals surface area contributed by atoms with Crippen molar-refractivity contribution in [1.29, 1.82) is 5.26 Å². The van der Waals surface area contributed by atoms with Crippen molar-refractivity contribution in [1.82, 2.24) is 19.6 Å². The fraction of sp³-hybridized carbons (Fsp3) is 0.333. The normalized spacial score (nSPS) is 14.2. The number of rotatable bonds is 8. The van der Waals surface area contributed by atoms with E-state index in [2.05, 4.69) is 33.3 Å². The van der Waals surface area contributed by atoms with Crippen LogP contribution in [-0.2, 0) is 11.3 Å². The Balaban J connectivity index is 1.32. The standard InChI is InChI=1S/C27H30N6O3/c1-31-12-14-32(15-13-31)11-4-16-36-27(35)29-24-8-3-6-22(18-24)20-33-26(34)10-9-25(30-33)23-7-2-5-21(17-23)19-28/h2-3,5-10,17-18H,4,11-16,20H2,1H3,(H,29,35). The van der Waals surface area contributed by atoms with E-state index in [9.17, 15) is 9.59 Å². The van der Waals surface area contributed by atoms with Crippen LogP contribution in [0.1, 0.15) is 17.5 Å². The highest BCUT2D eigenvalue weighted by atomic mass is 16.5. The van der Waals surface area contributed by atoms with Crippen LogP contribution in [0.25, 0.3) is 11.3 Å². The Morgan fingerprint density at radius 2 is 1.89 bits per heavy atom. The van der Waals surface area contributed by atoms with Crippen LogP contribution in [0.2, 0.25) is 0 Å². The van der Waals surface area contributed by atoms with Crippen LogP contribution in [0.5, 0.6) is 0 Å². The summed E-state index contributed by atoms with van der Waals surface area (Å²) in [6, 6.07) is 19.5. The number of carbonyl (C=O) groups excluding carboxylic acids is 1. The van der Waals surface area contributed by atoms with Gasteiger partial charge in [-0.3, -0.25) is 10.1 Å². The fourth-order valence-corrected chi connectivity index (χ4v) is 4.06. The second kappa shape index (κ2) is 12.1. The van der Waals surface area contributed by atoms with Crippen molar-refractivity contribution >= 4 is 11.8 Å². The van der Waals surface area contributed by atoms with Gasteiger partial charge in [-0.05, 0) is 49.4 Å². The number of nitrogens with one attached hydrogen (secondary N) is 1. The number of amides is 1. The molecule has 1 saturated heterocycles. The minimum absolute atomic E-state index is 0.236. The molecule has 1 aliphatic heterocycles. The number of hydrogen-bond donors (Lipinski definition) is 1. The monoisotopic (exact) mass is 486 g/mol. The van der Waals surface area contributed by atoms with Crippen LogP contribution in [-0.4, -0.2) is 72.1 Å². The number of carbonyl (C=O) groups is 1. The van der Waals surface area contributed by atoms with Gasteiger partial charge in [0.1, 0.15) is 0 Å². The number of piperazine rings is 1. The topological polar surface area (TPSA) is 103 Å². The van der Waals surface area contributed by atoms with Crippen LogP contribution in [0, 0.1) is 11.3 Å². The number of benzene rings is 2. The summed E-state index contributed by atoms with van der Waals surface area (Å²) in [6.07, 6.45) is 0.291. The molecule has 0 spiro atoms. The van der Waals surface area contributed by atoms with Crippen molar-refractivity contribution in [3.05, 3.63) is 82.1 Å². The second-order valence-corrected chi connectivity index (χ2v) is 8.87. The van der Waals surface area contributed by atoms with Gasteiger partial charge in [0.2, 0.25) is 0 Å². The Morgan fingerprint density at radius 3 is 2.69 bits per heavy atom. The van der Waals surface area contributed by atoms with E-state index >= 15 is 0 Å². The van der Waals surface area contributed by atoms with Crippen LogP contribution in [0.4, 0.5) is 10.5 Å². The lowest BCUT2D eigenvalue weighted by molar-refractivity contribution is 0.130. The van der Waals surface area contributed by atoms with E-state index in [1.807, 2.05) is 18.2 Å². The van der Waals surface area contributed by atoms with Crippen LogP contribution in [0.3, 0.4) is 0 Å². The van der Waals surface area contributed by atoms with Crippen molar-refractivity contribution < 1.29 is 9.53 Å². The molecule has 0 aliphatic carbocycles. The molecule has 186 valence electrons. The summed E-state index contributed by atoms with van der Waals surface area (Å²) >= 11 is 0. The fourth-order valence-electron chi connectivity index (χ4n) is 4.06. The van der Waals surface area contributed by atoms with Gasteiger partial charge in [0.15, 0.2) is 0 Å². The first-order chi connectivity index (χ1) is 17.5. The molecular formula is C27H30N6O3. The van der Waals surface area contributed by atoms with Gasteiger partial charge in [0.05, 0.1) is 30.5 Å². The van der Waals surface area contributed by atoms with Crippen LogP contribution in [0.15, 0.2) is 65.5 Å². The molecule has 1 aliphatic rings. The number of nitrogens with zero attached hydrogens (tertiary/aromatic N) is 5. The highest BCUT2D eigenvalue weighted by Gasteiger charge is 2.13. The van der Waals surface area contributed by atoms with Crippen LogP contribution >= 0.6 is 0 Å². The molecule has 1 amide bonds. The Hall–Kier alpha value is -4.00. The maximum Gasteiger partial charge on any atom is 0.411 e. The van der Waals surface area contributed by atoms with E-state index in [1.54, 1.807) is 36.4 Å². The smallest absolute Gasteiger partial charge is 0.411 e.